The van der Waals surface area contributed by atoms with Gasteiger partial charge in [-0.05, 0) is 18.8 Å². The van der Waals surface area contributed by atoms with Crippen molar-refractivity contribution in [2.24, 2.45) is 5.92 Å². The zero-order chi connectivity index (χ0) is 7.11. The second-order valence-corrected chi connectivity index (χ2v) is 2.53. The Hall–Kier alpha value is -0.0400. The van der Waals surface area contributed by atoms with Crippen LogP contribution in [0.5, 0.6) is 0 Å². The van der Waals surface area contributed by atoms with Gasteiger partial charge in [-0.2, -0.15) is 0 Å². The topological polar surface area (TPSA) is 19.9 Å². The first-order chi connectivity index (χ1) is 4.35. The molecule has 0 amide bonds. The molecular weight excluding hydrogens is 112 g/mol. The summed E-state index contributed by atoms with van der Waals surface area (Å²) < 4.78 is 0. The summed E-state index contributed by atoms with van der Waals surface area (Å²) in [7, 11) is 0. The van der Waals surface area contributed by atoms with E-state index in [4.69, 9.17) is 0 Å². The van der Waals surface area contributed by atoms with Crippen molar-refractivity contribution in [3.05, 3.63) is 0 Å². The van der Waals surface area contributed by atoms with Crippen LogP contribution in [0.25, 0.3) is 0 Å². The largest absolute Gasteiger partial charge is 0.237 e. The average molecular weight is 129 g/mol. The molecule has 1 nitrogen and oxygen atoms in total. The lowest BCUT2D eigenvalue weighted by atomic mass is 9.98. The number of hydrogen-bond acceptors (Lipinski definition) is 0. The lowest BCUT2D eigenvalue weighted by Gasteiger charge is -2.08. The van der Waals surface area contributed by atoms with Crippen LogP contribution < -0.4 is 0 Å². The molecule has 0 N–H and O–H groups in total. The van der Waals surface area contributed by atoms with E-state index in [1.54, 1.807) is 0 Å². The summed E-state index contributed by atoms with van der Waals surface area (Å²) in [5.41, 5.74) is 0. The molecule has 9 heavy (non-hydrogen) atoms. The van der Waals surface area contributed by atoms with Gasteiger partial charge in [-0.15, -0.1) is 0 Å². The molecule has 0 aliphatic carbocycles. The lowest BCUT2D eigenvalue weighted by molar-refractivity contribution is 0.179. The highest BCUT2D eigenvalue weighted by Crippen LogP contribution is 2.13. The fourth-order valence-corrected chi connectivity index (χ4v) is 1.07. The minimum atomic E-state index is 0.108. The SMILES string of the molecule is CCC(CC)CCC[O]. The summed E-state index contributed by atoms with van der Waals surface area (Å²) in [5, 5.41) is 10.1. The lowest BCUT2D eigenvalue weighted by Crippen LogP contribution is -1.97. The summed E-state index contributed by atoms with van der Waals surface area (Å²) >= 11 is 0. The molecule has 0 bridgehead atoms. The first-order valence-corrected chi connectivity index (χ1v) is 3.93. The van der Waals surface area contributed by atoms with E-state index in [0.29, 0.717) is 0 Å². The minimum Gasteiger partial charge on any atom is -0.237 e. The van der Waals surface area contributed by atoms with Crippen LogP contribution in [0, 0.1) is 5.92 Å². The van der Waals surface area contributed by atoms with Gasteiger partial charge in [-0.25, -0.2) is 5.11 Å². The van der Waals surface area contributed by atoms with Crippen molar-refractivity contribution in [2.45, 2.75) is 39.5 Å². The van der Waals surface area contributed by atoms with Crippen LogP contribution in [-0.2, 0) is 5.11 Å². The second-order valence-electron chi connectivity index (χ2n) is 2.53. The standard InChI is InChI=1S/C8H17O/c1-3-8(4-2)6-5-7-9/h8H,3-7H2,1-2H3. The van der Waals surface area contributed by atoms with Crippen molar-refractivity contribution in [1.29, 1.82) is 0 Å². The van der Waals surface area contributed by atoms with Gasteiger partial charge in [-0.1, -0.05) is 26.7 Å². The van der Waals surface area contributed by atoms with Crippen molar-refractivity contribution < 1.29 is 5.11 Å². The molecule has 0 rings (SSSR count). The van der Waals surface area contributed by atoms with Crippen LogP contribution in [0.3, 0.4) is 0 Å². The Labute approximate surface area is 58.1 Å². The fourth-order valence-electron chi connectivity index (χ4n) is 1.07. The average Bonchev–Trinajstić information content (AvgIpc) is 1.91. The Bertz CT molecular complexity index is 48.5. The Kier molecular flexibility index (Phi) is 6.06. The minimum absolute atomic E-state index is 0.108. The summed E-state index contributed by atoms with van der Waals surface area (Å²) in [6.07, 6.45) is 4.47. The van der Waals surface area contributed by atoms with E-state index in [-0.39, 0.29) is 6.61 Å². The third-order valence-electron chi connectivity index (χ3n) is 1.91. The third-order valence-corrected chi connectivity index (χ3v) is 1.91. The maximum absolute atomic E-state index is 10.1. The van der Waals surface area contributed by atoms with E-state index in [1.165, 1.54) is 12.8 Å². The first-order valence-electron chi connectivity index (χ1n) is 3.93. The van der Waals surface area contributed by atoms with Gasteiger partial charge in [0.25, 0.3) is 0 Å². The van der Waals surface area contributed by atoms with Gasteiger partial charge in [0.2, 0.25) is 0 Å². The fraction of sp³-hybridized carbons (Fsp3) is 1.00. The molecule has 0 saturated heterocycles. The predicted molar refractivity (Wildman–Crippen MR) is 38.9 cm³/mol. The van der Waals surface area contributed by atoms with E-state index in [1.807, 2.05) is 0 Å². The van der Waals surface area contributed by atoms with Gasteiger partial charge in [0.05, 0.1) is 6.61 Å². The van der Waals surface area contributed by atoms with E-state index < -0.39 is 0 Å². The molecular formula is C8H17O. The van der Waals surface area contributed by atoms with Crippen LogP contribution in [0.4, 0.5) is 0 Å². The molecule has 1 heteroatoms. The second kappa shape index (κ2) is 6.09. The molecule has 0 atom stereocenters. The molecule has 1 radical (unpaired) electrons. The highest BCUT2D eigenvalue weighted by atomic mass is 16.2. The van der Waals surface area contributed by atoms with E-state index in [2.05, 4.69) is 13.8 Å². The van der Waals surface area contributed by atoms with Gasteiger partial charge in [0, 0.05) is 0 Å². The summed E-state index contributed by atoms with van der Waals surface area (Å²) in [5.74, 6) is 0.805. The molecule has 55 valence electrons. The highest BCUT2D eigenvalue weighted by molar-refractivity contribution is 4.53. The van der Waals surface area contributed by atoms with Crippen LogP contribution in [0.2, 0.25) is 0 Å². The quantitative estimate of drug-likeness (QED) is 0.544. The molecule has 0 aromatic heterocycles. The molecule has 0 saturated carbocycles. The van der Waals surface area contributed by atoms with Crippen molar-refractivity contribution >= 4 is 0 Å². The normalized spacial score (nSPS) is 10.7. The van der Waals surface area contributed by atoms with Crippen molar-refractivity contribution in [1.82, 2.24) is 0 Å². The van der Waals surface area contributed by atoms with Crippen LogP contribution in [0.1, 0.15) is 39.5 Å². The number of hydrogen-bond donors (Lipinski definition) is 0. The summed E-state index contributed by atoms with van der Waals surface area (Å²) in [6.45, 7) is 4.49. The Morgan fingerprint density at radius 2 is 1.78 bits per heavy atom. The third kappa shape index (κ3) is 4.46. The number of rotatable bonds is 5. The first kappa shape index (κ1) is 8.96. The Morgan fingerprint density at radius 1 is 1.22 bits per heavy atom. The van der Waals surface area contributed by atoms with Gasteiger partial charge in [0.1, 0.15) is 0 Å². The smallest absolute Gasteiger partial charge is 0.0822 e. The van der Waals surface area contributed by atoms with Crippen molar-refractivity contribution in [3.63, 3.8) is 0 Å². The van der Waals surface area contributed by atoms with Gasteiger partial charge in [-0.3, -0.25) is 0 Å². The summed E-state index contributed by atoms with van der Waals surface area (Å²) in [6, 6.07) is 0. The molecule has 0 aromatic carbocycles. The Balaban J connectivity index is 3.09. The van der Waals surface area contributed by atoms with Gasteiger partial charge < -0.3 is 0 Å². The monoisotopic (exact) mass is 129 g/mol. The molecule has 0 fully saturated rings. The van der Waals surface area contributed by atoms with Crippen molar-refractivity contribution in [3.8, 4) is 0 Å². The van der Waals surface area contributed by atoms with Gasteiger partial charge >= 0.3 is 0 Å². The van der Waals surface area contributed by atoms with Crippen LogP contribution in [-0.4, -0.2) is 6.61 Å². The Morgan fingerprint density at radius 3 is 2.11 bits per heavy atom. The van der Waals surface area contributed by atoms with E-state index >= 15 is 0 Å². The van der Waals surface area contributed by atoms with Crippen molar-refractivity contribution in [2.75, 3.05) is 6.61 Å². The molecule has 0 aromatic rings. The van der Waals surface area contributed by atoms with Crippen LogP contribution >= 0.6 is 0 Å². The van der Waals surface area contributed by atoms with Gasteiger partial charge in [0.15, 0.2) is 0 Å². The zero-order valence-electron chi connectivity index (χ0n) is 6.52. The van der Waals surface area contributed by atoms with Crippen LogP contribution in [0.15, 0.2) is 0 Å². The van der Waals surface area contributed by atoms with E-state index in [9.17, 15) is 5.11 Å². The maximum atomic E-state index is 10.1. The molecule has 0 aliphatic heterocycles. The van der Waals surface area contributed by atoms with E-state index in [0.717, 1.165) is 18.8 Å². The molecule has 0 aliphatic rings. The maximum Gasteiger partial charge on any atom is 0.0822 e. The molecule has 0 heterocycles. The summed E-state index contributed by atoms with van der Waals surface area (Å²) in [4.78, 5) is 0. The molecule has 0 unspecified atom stereocenters. The predicted octanol–water partition coefficient (Wildman–Crippen LogP) is 2.63. The highest BCUT2D eigenvalue weighted by Gasteiger charge is 2.00. The molecule has 0 spiro atoms. The zero-order valence-corrected chi connectivity index (χ0v) is 6.52.